The Morgan fingerprint density at radius 3 is 2.22 bits per heavy atom. The van der Waals surface area contributed by atoms with Crippen LogP contribution in [0.1, 0.15) is 47.1 Å². The number of nitrogens with zero attached hydrogens (tertiary/aromatic N) is 2. The number of benzene rings is 1. The van der Waals surface area contributed by atoms with E-state index in [2.05, 4.69) is 10.4 Å². The summed E-state index contributed by atoms with van der Waals surface area (Å²) in [5, 5.41) is 1.09. The smallest absolute Gasteiger partial charge is 0.275 e. The Kier molecular flexibility index (Phi) is 6.46. The van der Waals surface area contributed by atoms with E-state index in [4.69, 9.17) is 27.9 Å². The van der Waals surface area contributed by atoms with Crippen LogP contribution in [0.15, 0.2) is 30.3 Å². The molecule has 8 heteroatoms. The molecule has 0 unspecified atom stereocenters. The summed E-state index contributed by atoms with van der Waals surface area (Å²) in [5.41, 5.74) is 3.50. The highest BCUT2D eigenvalue weighted by Crippen LogP contribution is 2.23. The molecule has 0 bridgehead atoms. The first-order valence-corrected chi connectivity index (χ1v) is 8.92. The number of amides is 2. The van der Waals surface area contributed by atoms with E-state index in [-0.39, 0.29) is 15.9 Å². The van der Waals surface area contributed by atoms with Crippen LogP contribution < -0.4 is 10.2 Å². The van der Waals surface area contributed by atoms with Gasteiger partial charge >= 0.3 is 0 Å². The number of carbonyl (C=O) groups is 2. The van der Waals surface area contributed by atoms with E-state index < -0.39 is 17.4 Å². The molecule has 0 spiro atoms. The van der Waals surface area contributed by atoms with Gasteiger partial charge in [-0.25, -0.2) is 15.4 Å². The standard InChI is InChI=1S/C19H21Cl2N3O3/c1-11-13(7-6-8-14(11)27-5)18(26)24(23-19(2,3)4)17(25)12-9-15(20)22-16(21)10-12/h6-10,23H,1-5H3. The minimum atomic E-state index is -0.594. The van der Waals surface area contributed by atoms with Gasteiger partial charge in [0.1, 0.15) is 16.1 Å². The summed E-state index contributed by atoms with van der Waals surface area (Å²) in [4.78, 5) is 30.1. The molecule has 0 atom stereocenters. The highest BCUT2D eigenvalue weighted by molar-refractivity contribution is 6.33. The molecule has 27 heavy (non-hydrogen) atoms. The zero-order valence-corrected chi connectivity index (χ0v) is 17.3. The number of ether oxygens (including phenoxy) is 1. The lowest BCUT2D eigenvalue weighted by molar-refractivity contribution is 0.0451. The first kappa shape index (κ1) is 21.2. The lowest BCUT2D eigenvalue weighted by Gasteiger charge is -2.30. The fourth-order valence-electron chi connectivity index (χ4n) is 2.43. The highest BCUT2D eigenvalue weighted by atomic mass is 35.5. The Morgan fingerprint density at radius 1 is 1.11 bits per heavy atom. The summed E-state index contributed by atoms with van der Waals surface area (Å²) < 4.78 is 5.27. The van der Waals surface area contributed by atoms with Gasteiger partial charge in [-0.05, 0) is 52.0 Å². The predicted octanol–water partition coefficient (Wildman–Crippen LogP) is 4.29. The maximum absolute atomic E-state index is 13.2. The molecule has 2 amide bonds. The van der Waals surface area contributed by atoms with Crippen molar-refractivity contribution in [2.24, 2.45) is 0 Å². The molecule has 0 aliphatic rings. The van der Waals surface area contributed by atoms with E-state index in [9.17, 15) is 9.59 Å². The first-order valence-electron chi connectivity index (χ1n) is 8.17. The van der Waals surface area contributed by atoms with Crippen LogP contribution >= 0.6 is 23.2 Å². The van der Waals surface area contributed by atoms with Crippen LogP contribution in [0.2, 0.25) is 10.3 Å². The van der Waals surface area contributed by atoms with Crippen molar-refractivity contribution in [2.75, 3.05) is 7.11 Å². The van der Waals surface area contributed by atoms with Gasteiger partial charge in [-0.3, -0.25) is 9.59 Å². The zero-order valence-electron chi connectivity index (χ0n) is 15.8. The van der Waals surface area contributed by atoms with Crippen LogP contribution in [-0.4, -0.2) is 34.5 Å². The van der Waals surface area contributed by atoms with Crippen LogP contribution in [0.4, 0.5) is 0 Å². The number of halogens is 2. The molecule has 0 fully saturated rings. The monoisotopic (exact) mass is 409 g/mol. The van der Waals surface area contributed by atoms with Gasteiger partial charge in [0.2, 0.25) is 0 Å². The third kappa shape index (κ3) is 5.19. The lowest BCUT2D eigenvalue weighted by Crippen LogP contribution is -2.55. The number of hydrogen-bond donors (Lipinski definition) is 1. The quantitative estimate of drug-likeness (QED) is 0.463. The second-order valence-corrected chi connectivity index (χ2v) is 7.72. The molecule has 1 heterocycles. The second kappa shape index (κ2) is 8.25. The number of pyridine rings is 1. The molecule has 144 valence electrons. The number of hydrazine groups is 1. The molecule has 0 saturated carbocycles. The van der Waals surface area contributed by atoms with E-state index in [0.29, 0.717) is 16.9 Å². The molecule has 1 aromatic carbocycles. The van der Waals surface area contributed by atoms with Gasteiger partial charge in [0.15, 0.2) is 0 Å². The van der Waals surface area contributed by atoms with Gasteiger partial charge in [-0.1, -0.05) is 29.3 Å². The molecular formula is C19H21Cl2N3O3. The van der Waals surface area contributed by atoms with Gasteiger partial charge < -0.3 is 4.74 Å². The molecule has 1 aromatic heterocycles. The largest absolute Gasteiger partial charge is 0.496 e. The highest BCUT2D eigenvalue weighted by Gasteiger charge is 2.30. The average Bonchev–Trinajstić information content (AvgIpc) is 2.57. The molecule has 6 nitrogen and oxygen atoms in total. The Morgan fingerprint density at radius 2 is 1.70 bits per heavy atom. The fourth-order valence-corrected chi connectivity index (χ4v) is 2.89. The van der Waals surface area contributed by atoms with Crippen LogP contribution in [0.3, 0.4) is 0 Å². The average molecular weight is 410 g/mol. The molecular weight excluding hydrogens is 389 g/mol. The molecule has 0 aliphatic carbocycles. The van der Waals surface area contributed by atoms with Crippen LogP contribution in [0.5, 0.6) is 5.75 Å². The zero-order chi connectivity index (χ0) is 20.4. The van der Waals surface area contributed by atoms with Gasteiger partial charge in [-0.2, -0.15) is 0 Å². The van der Waals surface area contributed by atoms with Crippen LogP contribution in [0, 0.1) is 6.92 Å². The number of carbonyl (C=O) groups excluding carboxylic acids is 2. The minimum Gasteiger partial charge on any atom is -0.496 e. The van der Waals surface area contributed by atoms with E-state index in [1.165, 1.54) is 19.2 Å². The van der Waals surface area contributed by atoms with Gasteiger partial charge in [0, 0.05) is 22.2 Å². The van der Waals surface area contributed by atoms with Gasteiger partial charge in [0.05, 0.1) is 7.11 Å². The molecule has 2 rings (SSSR count). The first-order chi connectivity index (χ1) is 12.5. The predicted molar refractivity (Wildman–Crippen MR) is 105 cm³/mol. The van der Waals surface area contributed by atoms with E-state index >= 15 is 0 Å². The number of hydrogen-bond acceptors (Lipinski definition) is 5. The van der Waals surface area contributed by atoms with Gasteiger partial charge in [0.25, 0.3) is 11.8 Å². The Hall–Kier alpha value is -2.15. The molecule has 0 radical (unpaired) electrons. The number of methoxy groups -OCH3 is 1. The van der Waals surface area contributed by atoms with Crippen molar-refractivity contribution in [2.45, 2.75) is 33.2 Å². The molecule has 1 N–H and O–H groups in total. The third-order valence-electron chi connectivity index (χ3n) is 3.60. The summed E-state index contributed by atoms with van der Waals surface area (Å²) in [5.74, 6) is -0.558. The number of aromatic nitrogens is 1. The Bertz CT molecular complexity index is 859. The number of nitrogens with one attached hydrogen (secondary N) is 1. The van der Waals surface area contributed by atoms with Crippen molar-refractivity contribution >= 4 is 35.0 Å². The summed E-state index contributed by atoms with van der Waals surface area (Å²) in [6.45, 7) is 7.27. The van der Waals surface area contributed by atoms with Crippen LogP contribution in [0.25, 0.3) is 0 Å². The van der Waals surface area contributed by atoms with Crippen molar-refractivity contribution in [3.8, 4) is 5.75 Å². The number of imide groups is 1. The van der Waals surface area contributed by atoms with Crippen molar-refractivity contribution in [3.63, 3.8) is 0 Å². The summed E-state index contributed by atoms with van der Waals surface area (Å²) in [6.07, 6.45) is 0. The molecule has 0 saturated heterocycles. The van der Waals surface area contributed by atoms with Crippen LogP contribution in [-0.2, 0) is 0 Å². The summed E-state index contributed by atoms with van der Waals surface area (Å²) >= 11 is 11.8. The van der Waals surface area contributed by atoms with E-state index in [0.717, 1.165) is 5.01 Å². The van der Waals surface area contributed by atoms with Crippen molar-refractivity contribution in [1.29, 1.82) is 0 Å². The number of rotatable bonds is 4. The fraction of sp³-hybridized carbons (Fsp3) is 0.316. The van der Waals surface area contributed by atoms with E-state index in [1.807, 2.05) is 20.8 Å². The van der Waals surface area contributed by atoms with Crippen molar-refractivity contribution < 1.29 is 14.3 Å². The summed E-state index contributed by atoms with van der Waals surface area (Å²) in [6, 6.07) is 7.80. The van der Waals surface area contributed by atoms with Crippen molar-refractivity contribution in [3.05, 3.63) is 57.3 Å². The topological polar surface area (TPSA) is 71.5 Å². The summed E-state index contributed by atoms with van der Waals surface area (Å²) in [7, 11) is 1.52. The van der Waals surface area contributed by atoms with E-state index in [1.54, 1.807) is 25.1 Å². The Labute approximate surface area is 168 Å². The maximum atomic E-state index is 13.2. The maximum Gasteiger partial charge on any atom is 0.275 e. The minimum absolute atomic E-state index is 0.0616. The normalized spacial score (nSPS) is 11.2. The third-order valence-corrected chi connectivity index (χ3v) is 3.98. The van der Waals surface area contributed by atoms with Crippen molar-refractivity contribution in [1.82, 2.24) is 15.4 Å². The molecule has 2 aromatic rings. The lowest BCUT2D eigenvalue weighted by atomic mass is 10.1. The Balaban J connectivity index is 2.51. The molecule has 0 aliphatic heterocycles. The second-order valence-electron chi connectivity index (χ2n) is 6.94. The SMILES string of the molecule is COc1cccc(C(=O)N(NC(C)(C)C)C(=O)c2cc(Cl)nc(Cl)c2)c1C. The van der Waals surface area contributed by atoms with Gasteiger partial charge in [-0.15, -0.1) is 0 Å².